The lowest BCUT2D eigenvalue weighted by Crippen LogP contribution is -2.48. The monoisotopic (exact) mass is 277 g/mol. The lowest BCUT2D eigenvalue weighted by atomic mass is 10.2. The van der Waals surface area contributed by atoms with Gasteiger partial charge in [-0.15, -0.1) is 15.3 Å². The molecule has 2 atom stereocenters. The Morgan fingerprint density at radius 3 is 3.00 bits per heavy atom. The van der Waals surface area contributed by atoms with Crippen LogP contribution in [0.3, 0.4) is 0 Å². The van der Waals surface area contributed by atoms with Gasteiger partial charge in [0.15, 0.2) is 11.5 Å². The molecule has 0 N–H and O–H groups in total. The SMILES string of the molecule is COCC1CN(c2ccc3nnc(C)n3n2)CC(C)O1. The molecule has 0 aliphatic carbocycles. The Bertz CT molecular complexity index is 599. The Morgan fingerprint density at radius 1 is 1.35 bits per heavy atom. The number of fused-ring (bicyclic) bond motifs is 1. The summed E-state index contributed by atoms with van der Waals surface area (Å²) in [6.45, 7) is 6.15. The predicted octanol–water partition coefficient (Wildman–Crippen LogP) is 0.673. The van der Waals surface area contributed by atoms with Gasteiger partial charge < -0.3 is 14.4 Å². The van der Waals surface area contributed by atoms with Gasteiger partial charge in [-0.25, -0.2) is 0 Å². The second-order valence-corrected chi connectivity index (χ2v) is 5.14. The summed E-state index contributed by atoms with van der Waals surface area (Å²) in [7, 11) is 1.69. The second kappa shape index (κ2) is 5.34. The van der Waals surface area contributed by atoms with Crippen LogP contribution in [0.15, 0.2) is 12.1 Å². The third kappa shape index (κ3) is 2.46. The number of aromatic nitrogens is 4. The molecule has 0 radical (unpaired) electrons. The predicted molar refractivity (Wildman–Crippen MR) is 73.9 cm³/mol. The highest BCUT2D eigenvalue weighted by Crippen LogP contribution is 2.19. The molecule has 1 aliphatic heterocycles. The molecular weight excluding hydrogens is 258 g/mol. The highest BCUT2D eigenvalue weighted by atomic mass is 16.5. The summed E-state index contributed by atoms with van der Waals surface area (Å²) in [5.74, 6) is 1.70. The first-order valence-corrected chi connectivity index (χ1v) is 6.76. The maximum Gasteiger partial charge on any atom is 0.178 e. The third-order valence-corrected chi connectivity index (χ3v) is 3.41. The Hall–Kier alpha value is -1.73. The quantitative estimate of drug-likeness (QED) is 0.821. The van der Waals surface area contributed by atoms with E-state index in [9.17, 15) is 0 Å². The molecule has 7 heteroatoms. The molecule has 1 aliphatic rings. The van der Waals surface area contributed by atoms with Gasteiger partial charge in [-0.05, 0) is 26.0 Å². The van der Waals surface area contributed by atoms with Crippen LogP contribution in [0, 0.1) is 6.92 Å². The lowest BCUT2D eigenvalue weighted by molar-refractivity contribution is -0.0513. The molecule has 0 amide bonds. The maximum atomic E-state index is 5.85. The minimum Gasteiger partial charge on any atom is -0.382 e. The number of methoxy groups -OCH3 is 1. The van der Waals surface area contributed by atoms with Crippen molar-refractivity contribution in [1.82, 2.24) is 19.8 Å². The molecule has 1 saturated heterocycles. The zero-order chi connectivity index (χ0) is 14.1. The van der Waals surface area contributed by atoms with Gasteiger partial charge in [0.1, 0.15) is 5.82 Å². The van der Waals surface area contributed by atoms with Gasteiger partial charge in [0.25, 0.3) is 0 Å². The van der Waals surface area contributed by atoms with E-state index in [4.69, 9.17) is 9.47 Å². The standard InChI is InChI=1S/C13H19N5O2/c1-9-6-17(7-11(20-9)8-19-3)13-5-4-12-15-14-10(2)18(12)16-13/h4-5,9,11H,6-8H2,1-3H3. The van der Waals surface area contributed by atoms with E-state index in [0.717, 1.165) is 30.4 Å². The Kier molecular flexibility index (Phi) is 3.54. The van der Waals surface area contributed by atoms with Gasteiger partial charge in [-0.1, -0.05) is 0 Å². The molecule has 2 unspecified atom stereocenters. The number of aryl methyl sites for hydroxylation is 1. The van der Waals surface area contributed by atoms with Crippen LogP contribution in [0.4, 0.5) is 5.82 Å². The van der Waals surface area contributed by atoms with Crippen molar-refractivity contribution in [2.75, 3.05) is 31.7 Å². The van der Waals surface area contributed by atoms with Gasteiger partial charge in [0, 0.05) is 20.2 Å². The van der Waals surface area contributed by atoms with E-state index in [2.05, 4.69) is 27.1 Å². The highest BCUT2D eigenvalue weighted by Gasteiger charge is 2.26. The number of ether oxygens (including phenoxy) is 2. The average molecular weight is 277 g/mol. The molecule has 2 aromatic rings. The van der Waals surface area contributed by atoms with Gasteiger partial charge in [0.05, 0.1) is 18.8 Å². The van der Waals surface area contributed by atoms with Crippen LogP contribution in [0.5, 0.6) is 0 Å². The molecule has 0 aromatic carbocycles. The maximum absolute atomic E-state index is 5.85. The molecule has 3 rings (SSSR count). The van der Waals surface area contributed by atoms with Crippen molar-refractivity contribution in [3.63, 3.8) is 0 Å². The minimum atomic E-state index is 0.0725. The zero-order valence-corrected chi connectivity index (χ0v) is 12.0. The van der Waals surface area contributed by atoms with Crippen molar-refractivity contribution in [3.8, 4) is 0 Å². The van der Waals surface area contributed by atoms with Gasteiger partial charge in [-0.3, -0.25) is 0 Å². The summed E-state index contributed by atoms with van der Waals surface area (Å²) in [4.78, 5) is 2.22. The van der Waals surface area contributed by atoms with Gasteiger partial charge in [-0.2, -0.15) is 4.52 Å². The summed E-state index contributed by atoms with van der Waals surface area (Å²) < 4.78 is 12.8. The van der Waals surface area contributed by atoms with E-state index in [1.54, 1.807) is 11.6 Å². The van der Waals surface area contributed by atoms with Crippen molar-refractivity contribution < 1.29 is 9.47 Å². The van der Waals surface area contributed by atoms with Crippen molar-refractivity contribution in [3.05, 3.63) is 18.0 Å². The first-order valence-electron chi connectivity index (χ1n) is 6.76. The average Bonchev–Trinajstić information content (AvgIpc) is 2.80. The number of anilines is 1. The van der Waals surface area contributed by atoms with Crippen LogP contribution in [0.1, 0.15) is 12.7 Å². The summed E-state index contributed by atoms with van der Waals surface area (Å²) in [6, 6.07) is 3.92. The van der Waals surface area contributed by atoms with Crippen molar-refractivity contribution in [2.45, 2.75) is 26.1 Å². The number of morpholine rings is 1. The van der Waals surface area contributed by atoms with Crippen LogP contribution in [0.25, 0.3) is 5.65 Å². The molecule has 20 heavy (non-hydrogen) atoms. The molecule has 1 fully saturated rings. The lowest BCUT2D eigenvalue weighted by Gasteiger charge is -2.37. The molecule has 0 spiro atoms. The van der Waals surface area contributed by atoms with E-state index in [0.29, 0.717) is 6.61 Å². The number of hydrogen-bond donors (Lipinski definition) is 0. The highest BCUT2D eigenvalue weighted by molar-refractivity contribution is 5.46. The van der Waals surface area contributed by atoms with Crippen molar-refractivity contribution >= 4 is 11.5 Å². The Balaban J connectivity index is 1.87. The Labute approximate surface area is 117 Å². The largest absolute Gasteiger partial charge is 0.382 e. The number of rotatable bonds is 3. The van der Waals surface area contributed by atoms with E-state index >= 15 is 0 Å². The Morgan fingerprint density at radius 2 is 2.20 bits per heavy atom. The first kappa shape index (κ1) is 13.3. The fourth-order valence-electron chi connectivity index (χ4n) is 2.57. The molecule has 0 saturated carbocycles. The van der Waals surface area contributed by atoms with E-state index in [-0.39, 0.29) is 12.2 Å². The molecular formula is C13H19N5O2. The molecule has 0 bridgehead atoms. The molecule has 7 nitrogen and oxygen atoms in total. The number of nitrogens with zero attached hydrogens (tertiary/aromatic N) is 5. The van der Waals surface area contributed by atoms with Crippen LogP contribution >= 0.6 is 0 Å². The smallest absolute Gasteiger partial charge is 0.178 e. The van der Waals surface area contributed by atoms with Crippen LogP contribution in [0.2, 0.25) is 0 Å². The van der Waals surface area contributed by atoms with Crippen molar-refractivity contribution in [1.29, 1.82) is 0 Å². The second-order valence-electron chi connectivity index (χ2n) is 5.14. The summed E-state index contributed by atoms with van der Waals surface area (Å²) in [6.07, 6.45) is 0.228. The van der Waals surface area contributed by atoms with Crippen molar-refractivity contribution in [2.24, 2.45) is 0 Å². The zero-order valence-electron chi connectivity index (χ0n) is 12.0. The van der Waals surface area contributed by atoms with Crippen LogP contribution in [-0.2, 0) is 9.47 Å². The number of hydrogen-bond acceptors (Lipinski definition) is 6. The molecule has 2 aromatic heterocycles. The third-order valence-electron chi connectivity index (χ3n) is 3.41. The van der Waals surface area contributed by atoms with E-state index in [1.807, 2.05) is 19.1 Å². The summed E-state index contributed by atoms with van der Waals surface area (Å²) in [5, 5.41) is 12.7. The van der Waals surface area contributed by atoms with Crippen LogP contribution < -0.4 is 4.90 Å². The van der Waals surface area contributed by atoms with E-state index < -0.39 is 0 Å². The fourth-order valence-corrected chi connectivity index (χ4v) is 2.57. The molecule has 3 heterocycles. The molecule has 108 valence electrons. The summed E-state index contributed by atoms with van der Waals surface area (Å²) >= 11 is 0. The minimum absolute atomic E-state index is 0.0725. The first-order chi connectivity index (χ1) is 9.67. The van der Waals surface area contributed by atoms with Gasteiger partial charge in [0.2, 0.25) is 0 Å². The van der Waals surface area contributed by atoms with Gasteiger partial charge >= 0.3 is 0 Å². The topological polar surface area (TPSA) is 64.8 Å². The fraction of sp³-hybridized carbons (Fsp3) is 0.615. The normalized spacial score (nSPS) is 23.4. The van der Waals surface area contributed by atoms with Crippen LogP contribution in [-0.4, -0.2) is 58.8 Å². The summed E-state index contributed by atoms with van der Waals surface area (Å²) in [5.41, 5.74) is 0.765. The van der Waals surface area contributed by atoms with E-state index in [1.165, 1.54) is 0 Å².